The van der Waals surface area contributed by atoms with E-state index >= 15 is 0 Å². The molecule has 0 radical (unpaired) electrons. The van der Waals surface area contributed by atoms with E-state index in [0.29, 0.717) is 5.76 Å². The minimum absolute atomic E-state index is 0.200. The van der Waals surface area contributed by atoms with Crippen LogP contribution in [-0.2, 0) is 0 Å². The van der Waals surface area contributed by atoms with Gasteiger partial charge in [0.25, 0.3) is 0 Å². The van der Waals surface area contributed by atoms with Gasteiger partial charge in [-0.05, 0) is 12.1 Å². The lowest BCUT2D eigenvalue weighted by Crippen LogP contribution is -2.10. The van der Waals surface area contributed by atoms with Gasteiger partial charge in [-0.25, -0.2) is 4.79 Å². The fraction of sp³-hybridized carbons (Fsp3) is 0.100. The topological polar surface area (TPSA) is 56.2 Å². The molecule has 0 spiro atoms. The second kappa shape index (κ2) is 3.03. The molecule has 2 N–H and O–H groups in total. The first-order valence-electron chi connectivity index (χ1n) is 4.02. The summed E-state index contributed by atoms with van der Waals surface area (Å²) in [5.74, 6) is 0.546. The summed E-state index contributed by atoms with van der Waals surface area (Å²) in [6.07, 6.45) is 7.22. The molecular formula is C10H9NO2. The maximum atomic E-state index is 10.9. The van der Waals surface area contributed by atoms with Crippen LogP contribution >= 0.6 is 0 Å². The van der Waals surface area contributed by atoms with Crippen molar-refractivity contribution in [2.45, 2.75) is 6.04 Å². The molecule has 13 heavy (non-hydrogen) atoms. The normalized spacial score (nSPS) is 19.6. The Kier molecular flexibility index (Phi) is 1.87. The minimum Gasteiger partial charge on any atom is -0.423 e. The molecule has 3 nitrogen and oxygen atoms in total. The van der Waals surface area contributed by atoms with Crippen LogP contribution in [0.5, 0.6) is 0 Å². The van der Waals surface area contributed by atoms with E-state index in [1.165, 1.54) is 6.07 Å². The SMILES string of the molecule is NC1C=CC=Cc2oc(=O)ccc21. The van der Waals surface area contributed by atoms with E-state index in [1.807, 2.05) is 12.2 Å². The molecule has 1 atom stereocenters. The molecule has 0 amide bonds. The Morgan fingerprint density at radius 3 is 3.00 bits per heavy atom. The highest BCUT2D eigenvalue weighted by Gasteiger charge is 2.10. The Labute approximate surface area is 75.2 Å². The molecule has 0 fully saturated rings. The lowest BCUT2D eigenvalue weighted by atomic mass is 10.1. The number of hydrogen-bond donors (Lipinski definition) is 1. The van der Waals surface area contributed by atoms with Crippen LogP contribution in [0.15, 0.2) is 39.6 Å². The van der Waals surface area contributed by atoms with E-state index in [9.17, 15) is 4.79 Å². The van der Waals surface area contributed by atoms with Gasteiger partial charge >= 0.3 is 5.63 Å². The number of nitrogens with two attached hydrogens (primary N) is 1. The molecule has 1 aromatic rings. The van der Waals surface area contributed by atoms with E-state index < -0.39 is 0 Å². The smallest absolute Gasteiger partial charge is 0.336 e. The average molecular weight is 175 g/mol. The third kappa shape index (κ3) is 1.46. The van der Waals surface area contributed by atoms with Gasteiger partial charge in [-0.3, -0.25) is 0 Å². The summed E-state index contributed by atoms with van der Waals surface area (Å²) in [5, 5.41) is 0. The lowest BCUT2D eigenvalue weighted by molar-refractivity contribution is 0.492. The molecule has 1 heterocycles. The van der Waals surface area contributed by atoms with Crippen molar-refractivity contribution in [2.24, 2.45) is 5.73 Å². The van der Waals surface area contributed by atoms with Crippen molar-refractivity contribution in [1.29, 1.82) is 0 Å². The van der Waals surface area contributed by atoms with Crippen LogP contribution in [0.3, 0.4) is 0 Å². The quantitative estimate of drug-likeness (QED) is 0.645. The molecule has 0 bridgehead atoms. The average Bonchev–Trinajstić information content (AvgIpc) is 2.28. The highest BCUT2D eigenvalue weighted by atomic mass is 16.4. The molecule has 0 saturated heterocycles. The first-order chi connectivity index (χ1) is 6.27. The maximum absolute atomic E-state index is 10.9. The molecule has 1 aromatic heterocycles. The largest absolute Gasteiger partial charge is 0.423 e. The number of fused-ring (bicyclic) bond motifs is 1. The summed E-state index contributed by atoms with van der Waals surface area (Å²) >= 11 is 0. The van der Waals surface area contributed by atoms with Gasteiger partial charge in [0.05, 0.1) is 6.04 Å². The fourth-order valence-electron chi connectivity index (χ4n) is 1.28. The van der Waals surface area contributed by atoms with Crippen LogP contribution in [-0.4, -0.2) is 0 Å². The summed E-state index contributed by atoms with van der Waals surface area (Å²) in [5.41, 5.74) is 6.30. The Morgan fingerprint density at radius 2 is 2.15 bits per heavy atom. The van der Waals surface area contributed by atoms with Crippen LogP contribution in [0.2, 0.25) is 0 Å². The van der Waals surface area contributed by atoms with Gasteiger partial charge < -0.3 is 10.2 Å². The van der Waals surface area contributed by atoms with Gasteiger partial charge in [0.1, 0.15) is 5.76 Å². The molecule has 1 aliphatic carbocycles. The molecule has 0 aromatic carbocycles. The summed E-state index contributed by atoms with van der Waals surface area (Å²) in [6, 6.07) is 2.88. The Balaban J connectivity index is 2.64. The maximum Gasteiger partial charge on any atom is 0.336 e. The van der Waals surface area contributed by atoms with Gasteiger partial charge in [0.2, 0.25) is 0 Å². The molecule has 1 unspecified atom stereocenters. The first-order valence-corrected chi connectivity index (χ1v) is 4.02. The molecule has 2 rings (SSSR count). The summed E-state index contributed by atoms with van der Waals surface area (Å²) < 4.78 is 4.99. The van der Waals surface area contributed by atoms with Crippen molar-refractivity contribution in [3.63, 3.8) is 0 Å². The molecular weight excluding hydrogens is 166 g/mol. The monoisotopic (exact) mass is 175 g/mol. The Hall–Kier alpha value is -1.61. The van der Waals surface area contributed by atoms with Crippen LogP contribution < -0.4 is 11.4 Å². The van der Waals surface area contributed by atoms with E-state index in [0.717, 1.165) is 5.56 Å². The predicted octanol–water partition coefficient (Wildman–Crippen LogP) is 1.22. The molecule has 3 heteroatoms. The number of rotatable bonds is 0. The third-order valence-corrected chi connectivity index (χ3v) is 1.93. The highest BCUT2D eigenvalue weighted by Crippen LogP contribution is 2.19. The van der Waals surface area contributed by atoms with E-state index in [1.54, 1.807) is 18.2 Å². The zero-order valence-electron chi connectivity index (χ0n) is 6.94. The van der Waals surface area contributed by atoms with Crippen LogP contribution in [0.4, 0.5) is 0 Å². The predicted molar refractivity (Wildman–Crippen MR) is 50.1 cm³/mol. The highest BCUT2D eigenvalue weighted by molar-refractivity contribution is 5.52. The molecule has 0 aliphatic heterocycles. The minimum atomic E-state index is -0.350. The van der Waals surface area contributed by atoms with E-state index in [-0.39, 0.29) is 11.7 Å². The summed E-state index contributed by atoms with van der Waals surface area (Å²) in [4.78, 5) is 10.9. The first kappa shape index (κ1) is 8.01. The zero-order chi connectivity index (χ0) is 9.26. The molecule has 1 aliphatic rings. The number of allylic oxidation sites excluding steroid dienone is 2. The van der Waals surface area contributed by atoms with Gasteiger partial charge in [-0.15, -0.1) is 0 Å². The second-order valence-corrected chi connectivity index (χ2v) is 2.84. The van der Waals surface area contributed by atoms with Gasteiger partial charge in [-0.2, -0.15) is 0 Å². The number of hydrogen-bond acceptors (Lipinski definition) is 3. The zero-order valence-corrected chi connectivity index (χ0v) is 6.94. The van der Waals surface area contributed by atoms with Crippen LogP contribution in [0.1, 0.15) is 17.4 Å². The van der Waals surface area contributed by atoms with Crippen molar-refractivity contribution >= 4 is 6.08 Å². The second-order valence-electron chi connectivity index (χ2n) is 2.84. The Morgan fingerprint density at radius 1 is 1.31 bits per heavy atom. The van der Waals surface area contributed by atoms with Gasteiger partial charge in [-0.1, -0.05) is 18.2 Å². The van der Waals surface area contributed by atoms with E-state index in [2.05, 4.69) is 0 Å². The third-order valence-electron chi connectivity index (χ3n) is 1.93. The lowest BCUT2D eigenvalue weighted by Gasteiger charge is -2.06. The van der Waals surface area contributed by atoms with E-state index in [4.69, 9.17) is 10.2 Å². The van der Waals surface area contributed by atoms with Crippen molar-refractivity contribution in [2.75, 3.05) is 0 Å². The van der Waals surface area contributed by atoms with Crippen molar-refractivity contribution < 1.29 is 4.42 Å². The Bertz CT molecular complexity index is 429. The van der Waals surface area contributed by atoms with Gasteiger partial charge in [0, 0.05) is 11.6 Å². The molecule has 66 valence electrons. The van der Waals surface area contributed by atoms with Crippen LogP contribution in [0.25, 0.3) is 6.08 Å². The van der Waals surface area contributed by atoms with Crippen molar-refractivity contribution in [3.05, 3.63) is 52.1 Å². The standard InChI is InChI=1S/C10H9NO2/c11-8-3-1-2-4-9-7(8)5-6-10(12)13-9/h1-6,8H,11H2. The summed E-state index contributed by atoms with van der Waals surface area (Å²) in [7, 11) is 0. The van der Waals surface area contributed by atoms with Crippen molar-refractivity contribution in [1.82, 2.24) is 0 Å². The fourth-order valence-corrected chi connectivity index (χ4v) is 1.28. The summed E-state index contributed by atoms with van der Waals surface area (Å²) in [6.45, 7) is 0. The molecule has 0 saturated carbocycles. The van der Waals surface area contributed by atoms with Crippen molar-refractivity contribution in [3.8, 4) is 0 Å². The van der Waals surface area contributed by atoms with Gasteiger partial charge in [0.15, 0.2) is 0 Å². The van der Waals surface area contributed by atoms with Crippen LogP contribution in [0, 0.1) is 0 Å².